The van der Waals surface area contributed by atoms with Crippen LogP contribution in [0, 0.1) is 11.3 Å². The second-order valence-corrected chi connectivity index (χ2v) is 12.4. The van der Waals surface area contributed by atoms with E-state index in [4.69, 9.17) is 19.4 Å². The van der Waals surface area contributed by atoms with E-state index in [0.717, 1.165) is 60.9 Å². The zero-order valence-corrected chi connectivity index (χ0v) is 27.4. The number of benzene rings is 7. The molecule has 0 N–H and O–H groups in total. The minimum atomic E-state index is 0.495. The van der Waals surface area contributed by atoms with Crippen LogP contribution >= 0.6 is 0 Å². The summed E-state index contributed by atoms with van der Waals surface area (Å²) in [4.78, 5) is 14.9. The number of fused-ring (bicyclic) bond motifs is 3. The molecular formula is C46H28N4O. The molecule has 9 aromatic rings. The predicted molar refractivity (Wildman–Crippen MR) is 204 cm³/mol. The molecule has 2 aromatic heterocycles. The van der Waals surface area contributed by atoms with Crippen molar-refractivity contribution in [1.82, 2.24) is 15.0 Å². The van der Waals surface area contributed by atoms with Crippen LogP contribution in [-0.4, -0.2) is 15.0 Å². The molecule has 0 atom stereocenters. The van der Waals surface area contributed by atoms with Crippen molar-refractivity contribution in [2.24, 2.45) is 0 Å². The van der Waals surface area contributed by atoms with Crippen molar-refractivity contribution in [2.75, 3.05) is 0 Å². The Morgan fingerprint density at radius 2 is 0.922 bits per heavy atom. The third-order valence-corrected chi connectivity index (χ3v) is 9.15. The Labute approximate surface area is 294 Å². The summed E-state index contributed by atoms with van der Waals surface area (Å²) in [6.45, 7) is 0. The maximum atomic E-state index is 9.59. The van der Waals surface area contributed by atoms with Crippen molar-refractivity contribution in [2.45, 2.75) is 0 Å². The maximum Gasteiger partial charge on any atom is 0.164 e. The lowest BCUT2D eigenvalue weighted by Crippen LogP contribution is -2.00. The lowest BCUT2D eigenvalue weighted by atomic mass is 9.95. The van der Waals surface area contributed by atoms with E-state index in [0.29, 0.717) is 23.0 Å². The fraction of sp³-hybridized carbons (Fsp3) is 0. The molecule has 0 aliphatic heterocycles. The van der Waals surface area contributed by atoms with Gasteiger partial charge in [-0.15, -0.1) is 0 Å². The highest BCUT2D eigenvalue weighted by Crippen LogP contribution is 2.39. The minimum absolute atomic E-state index is 0.495. The third-order valence-electron chi connectivity index (χ3n) is 9.15. The normalized spacial score (nSPS) is 11.1. The zero-order chi connectivity index (χ0) is 34.1. The molecule has 2 heterocycles. The molecule has 0 fully saturated rings. The molecule has 9 rings (SSSR count). The summed E-state index contributed by atoms with van der Waals surface area (Å²) in [6, 6.07) is 59.6. The first-order valence-corrected chi connectivity index (χ1v) is 16.7. The van der Waals surface area contributed by atoms with Crippen molar-refractivity contribution in [1.29, 1.82) is 5.26 Å². The summed E-state index contributed by atoms with van der Waals surface area (Å²) in [5.41, 5.74) is 11.4. The molecular weight excluding hydrogens is 625 g/mol. The fourth-order valence-electron chi connectivity index (χ4n) is 6.65. The molecule has 0 bridgehead atoms. The Morgan fingerprint density at radius 3 is 1.61 bits per heavy atom. The van der Waals surface area contributed by atoms with Gasteiger partial charge in [0.05, 0.1) is 11.6 Å². The molecule has 5 nitrogen and oxygen atoms in total. The minimum Gasteiger partial charge on any atom is -0.456 e. The van der Waals surface area contributed by atoms with Crippen molar-refractivity contribution in [3.05, 3.63) is 175 Å². The Bertz CT molecular complexity index is 2760. The van der Waals surface area contributed by atoms with Crippen LogP contribution in [0.4, 0.5) is 0 Å². The molecule has 5 heteroatoms. The van der Waals surface area contributed by atoms with E-state index in [1.54, 1.807) is 12.1 Å². The summed E-state index contributed by atoms with van der Waals surface area (Å²) in [7, 11) is 0. The van der Waals surface area contributed by atoms with Gasteiger partial charge in [0.15, 0.2) is 17.5 Å². The van der Waals surface area contributed by atoms with E-state index in [-0.39, 0.29) is 0 Å². The van der Waals surface area contributed by atoms with Gasteiger partial charge >= 0.3 is 0 Å². The Balaban J connectivity index is 1.18. The second-order valence-electron chi connectivity index (χ2n) is 12.4. The number of hydrogen-bond donors (Lipinski definition) is 0. The molecule has 238 valence electrons. The van der Waals surface area contributed by atoms with Gasteiger partial charge in [0, 0.05) is 27.5 Å². The van der Waals surface area contributed by atoms with Gasteiger partial charge < -0.3 is 4.42 Å². The molecule has 0 spiro atoms. The number of rotatable bonds is 6. The van der Waals surface area contributed by atoms with Crippen LogP contribution in [0.2, 0.25) is 0 Å². The van der Waals surface area contributed by atoms with Gasteiger partial charge in [0.1, 0.15) is 11.2 Å². The van der Waals surface area contributed by atoms with E-state index in [9.17, 15) is 5.26 Å². The number of nitrogens with zero attached hydrogens (tertiary/aromatic N) is 4. The van der Waals surface area contributed by atoms with Gasteiger partial charge in [-0.1, -0.05) is 127 Å². The predicted octanol–water partition coefficient (Wildman–Crippen LogP) is 11.6. The van der Waals surface area contributed by atoms with E-state index in [1.807, 2.05) is 72.8 Å². The first kappa shape index (κ1) is 29.9. The lowest BCUT2D eigenvalue weighted by Gasteiger charge is -2.10. The molecule has 0 saturated heterocycles. The number of aromatic nitrogens is 3. The monoisotopic (exact) mass is 652 g/mol. The first-order valence-electron chi connectivity index (χ1n) is 16.7. The molecule has 0 amide bonds. The Morgan fingerprint density at radius 1 is 0.392 bits per heavy atom. The smallest absolute Gasteiger partial charge is 0.164 e. The van der Waals surface area contributed by atoms with Gasteiger partial charge in [0.25, 0.3) is 0 Å². The molecule has 0 saturated carbocycles. The summed E-state index contributed by atoms with van der Waals surface area (Å²) in [6.07, 6.45) is 0. The van der Waals surface area contributed by atoms with Gasteiger partial charge in [-0.3, -0.25) is 0 Å². The first-order chi connectivity index (χ1) is 25.2. The van der Waals surface area contributed by atoms with E-state index < -0.39 is 0 Å². The Kier molecular flexibility index (Phi) is 7.46. The third kappa shape index (κ3) is 5.71. The Hall–Kier alpha value is -7.16. The standard InChI is InChI=1S/C46H28N4O/c47-29-30-11-7-20-38(25-30)45-48-44(32-14-5-2-6-15-32)49-46(50-45)39-21-10-22-42-43(39)40-28-37(23-24-41(40)51-42)36-19-9-18-35(27-36)34-17-8-16-33(26-34)31-12-3-1-4-13-31/h1-28H. The lowest BCUT2D eigenvalue weighted by molar-refractivity contribution is 0.669. The molecule has 51 heavy (non-hydrogen) atoms. The number of nitriles is 1. The fourth-order valence-corrected chi connectivity index (χ4v) is 6.65. The van der Waals surface area contributed by atoms with Gasteiger partial charge in [0.2, 0.25) is 0 Å². The van der Waals surface area contributed by atoms with E-state index >= 15 is 0 Å². The average Bonchev–Trinajstić information content (AvgIpc) is 3.60. The highest BCUT2D eigenvalue weighted by atomic mass is 16.3. The van der Waals surface area contributed by atoms with Crippen molar-refractivity contribution in [3.8, 4) is 73.6 Å². The molecule has 7 aromatic carbocycles. The van der Waals surface area contributed by atoms with Crippen molar-refractivity contribution < 1.29 is 4.42 Å². The van der Waals surface area contributed by atoms with Crippen LogP contribution < -0.4 is 0 Å². The summed E-state index contributed by atoms with van der Waals surface area (Å²) >= 11 is 0. The van der Waals surface area contributed by atoms with Gasteiger partial charge in [-0.05, 0) is 75.8 Å². The summed E-state index contributed by atoms with van der Waals surface area (Å²) < 4.78 is 6.41. The van der Waals surface area contributed by atoms with Crippen LogP contribution in [0.15, 0.2) is 174 Å². The summed E-state index contributed by atoms with van der Waals surface area (Å²) in [5.74, 6) is 1.58. The van der Waals surface area contributed by atoms with Gasteiger partial charge in [-0.2, -0.15) is 5.26 Å². The second kappa shape index (κ2) is 12.7. The van der Waals surface area contributed by atoms with E-state index in [1.165, 1.54) is 11.1 Å². The molecule has 0 unspecified atom stereocenters. The van der Waals surface area contributed by atoms with Crippen LogP contribution in [0.25, 0.3) is 89.5 Å². The quantitative estimate of drug-likeness (QED) is 0.179. The largest absolute Gasteiger partial charge is 0.456 e. The molecule has 0 radical (unpaired) electrons. The van der Waals surface area contributed by atoms with Crippen LogP contribution in [-0.2, 0) is 0 Å². The topological polar surface area (TPSA) is 75.6 Å². The number of furan rings is 1. The SMILES string of the molecule is N#Cc1cccc(-c2nc(-c3ccccc3)nc(-c3cccc4oc5ccc(-c6cccc(-c7cccc(-c8ccccc8)c7)c6)cc5c34)n2)c1. The van der Waals surface area contributed by atoms with Crippen molar-refractivity contribution >= 4 is 21.9 Å². The zero-order valence-electron chi connectivity index (χ0n) is 27.4. The van der Waals surface area contributed by atoms with Crippen LogP contribution in [0.5, 0.6) is 0 Å². The highest BCUT2D eigenvalue weighted by molar-refractivity contribution is 6.12. The number of hydrogen-bond acceptors (Lipinski definition) is 5. The maximum absolute atomic E-state index is 9.59. The molecule has 0 aliphatic carbocycles. The van der Waals surface area contributed by atoms with Crippen molar-refractivity contribution in [3.63, 3.8) is 0 Å². The van der Waals surface area contributed by atoms with Gasteiger partial charge in [-0.25, -0.2) is 15.0 Å². The van der Waals surface area contributed by atoms with E-state index in [2.05, 4.69) is 91.0 Å². The highest BCUT2D eigenvalue weighted by Gasteiger charge is 2.18. The molecule has 0 aliphatic rings. The van der Waals surface area contributed by atoms with Crippen LogP contribution in [0.3, 0.4) is 0 Å². The summed E-state index contributed by atoms with van der Waals surface area (Å²) in [5, 5.41) is 11.5. The van der Waals surface area contributed by atoms with Crippen LogP contribution in [0.1, 0.15) is 5.56 Å². The average molecular weight is 653 g/mol.